The Morgan fingerprint density at radius 1 is 0.938 bits per heavy atom. The third-order valence-electron chi connectivity index (χ3n) is 6.16. The average molecular weight is 435 g/mol. The summed E-state index contributed by atoms with van der Waals surface area (Å²) in [5.41, 5.74) is 4.06. The molecular weight excluding hydrogens is 404 g/mol. The second-order valence-electron chi connectivity index (χ2n) is 8.39. The van der Waals surface area contributed by atoms with Crippen LogP contribution in [0, 0.1) is 0 Å². The molecule has 3 heterocycles. The Morgan fingerprint density at radius 3 is 2.56 bits per heavy atom. The molecule has 0 atom stereocenters. The summed E-state index contributed by atoms with van der Waals surface area (Å²) in [4.78, 5) is 27.6. The smallest absolute Gasteiger partial charge is 0.238 e. The van der Waals surface area contributed by atoms with Crippen LogP contribution in [-0.2, 0) is 9.53 Å². The molecule has 2 N–H and O–H groups in total. The predicted octanol–water partition coefficient (Wildman–Crippen LogP) is 2.55. The fourth-order valence-electron chi connectivity index (χ4n) is 4.41. The van der Waals surface area contributed by atoms with Crippen molar-refractivity contribution in [1.82, 2.24) is 14.9 Å². The minimum atomic E-state index is 0.0290. The highest BCUT2D eigenvalue weighted by Gasteiger charge is 2.19. The summed E-state index contributed by atoms with van der Waals surface area (Å²) in [6, 6.07) is 16.2. The second-order valence-corrected chi connectivity index (χ2v) is 8.39. The highest BCUT2D eigenvalue weighted by molar-refractivity contribution is 5.92. The van der Waals surface area contributed by atoms with Gasteiger partial charge in [-0.3, -0.25) is 9.69 Å². The number of amides is 1. The van der Waals surface area contributed by atoms with Crippen LogP contribution in [0.25, 0.3) is 11.0 Å². The lowest BCUT2D eigenvalue weighted by atomic mass is 10.2. The number of aromatic amines is 1. The molecule has 8 heteroatoms. The molecule has 8 nitrogen and oxygen atoms in total. The summed E-state index contributed by atoms with van der Waals surface area (Å²) in [5.74, 6) is 0.944. The van der Waals surface area contributed by atoms with Crippen LogP contribution in [0.15, 0.2) is 48.5 Å². The zero-order chi connectivity index (χ0) is 21.8. The summed E-state index contributed by atoms with van der Waals surface area (Å²) in [5, 5.41) is 3.04. The number of carbonyl (C=O) groups is 1. The fraction of sp³-hybridized carbons (Fsp3) is 0.417. The number of anilines is 3. The number of para-hydroxylation sites is 2. The van der Waals surface area contributed by atoms with Crippen molar-refractivity contribution < 1.29 is 9.53 Å². The third-order valence-corrected chi connectivity index (χ3v) is 6.16. The van der Waals surface area contributed by atoms with Crippen molar-refractivity contribution in [2.75, 3.05) is 74.1 Å². The Labute approximate surface area is 188 Å². The summed E-state index contributed by atoms with van der Waals surface area (Å²) in [7, 11) is 0. The van der Waals surface area contributed by atoms with Gasteiger partial charge in [-0.05, 0) is 42.8 Å². The number of rotatable bonds is 5. The number of nitrogens with one attached hydrogen (secondary N) is 2. The standard InChI is InChI=1S/C24H30N6O2/c31-23(25-19-6-8-20(9-7-19)29-14-16-32-17-15-29)18-28-10-3-11-30(13-12-28)24-26-21-4-1-2-5-22(21)27-24/h1-2,4-9H,3,10-18H2,(H,25,31)(H,26,27). The Kier molecular flexibility index (Phi) is 6.22. The van der Waals surface area contributed by atoms with Crippen molar-refractivity contribution in [3.05, 3.63) is 48.5 Å². The van der Waals surface area contributed by atoms with Crippen LogP contribution < -0.4 is 15.1 Å². The molecule has 1 amide bonds. The van der Waals surface area contributed by atoms with Crippen LogP contribution in [-0.4, -0.2) is 79.8 Å². The van der Waals surface area contributed by atoms with Crippen LogP contribution in [0.2, 0.25) is 0 Å². The molecule has 2 aromatic carbocycles. The van der Waals surface area contributed by atoms with Gasteiger partial charge in [0.05, 0.1) is 30.8 Å². The summed E-state index contributed by atoms with van der Waals surface area (Å²) < 4.78 is 5.41. The fourth-order valence-corrected chi connectivity index (χ4v) is 4.41. The molecule has 0 bridgehead atoms. The van der Waals surface area contributed by atoms with E-state index in [1.807, 2.05) is 36.4 Å². The van der Waals surface area contributed by atoms with Crippen molar-refractivity contribution in [3.63, 3.8) is 0 Å². The minimum absolute atomic E-state index is 0.0290. The highest BCUT2D eigenvalue weighted by atomic mass is 16.5. The Morgan fingerprint density at radius 2 is 1.75 bits per heavy atom. The molecule has 3 aromatic rings. The van der Waals surface area contributed by atoms with Gasteiger partial charge in [-0.1, -0.05) is 12.1 Å². The molecule has 0 aliphatic carbocycles. The first-order valence-corrected chi connectivity index (χ1v) is 11.4. The van der Waals surface area contributed by atoms with E-state index in [2.05, 4.69) is 37.1 Å². The van der Waals surface area contributed by atoms with E-state index in [4.69, 9.17) is 9.72 Å². The normalized spacial score (nSPS) is 18.0. The van der Waals surface area contributed by atoms with Crippen molar-refractivity contribution >= 4 is 34.3 Å². The molecular formula is C24H30N6O2. The summed E-state index contributed by atoms with van der Waals surface area (Å²) in [6.07, 6.45) is 0.999. The molecule has 2 aliphatic heterocycles. The van der Waals surface area contributed by atoms with E-state index < -0.39 is 0 Å². The van der Waals surface area contributed by atoms with Gasteiger partial charge < -0.3 is 24.8 Å². The van der Waals surface area contributed by atoms with Gasteiger partial charge in [0, 0.05) is 50.6 Å². The number of benzene rings is 2. The first-order chi connectivity index (χ1) is 15.7. The van der Waals surface area contributed by atoms with E-state index in [-0.39, 0.29) is 5.91 Å². The zero-order valence-electron chi connectivity index (χ0n) is 18.3. The van der Waals surface area contributed by atoms with Crippen molar-refractivity contribution in [3.8, 4) is 0 Å². The minimum Gasteiger partial charge on any atom is -0.378 e. The molecule has 1 aromatic heterocycles. The maximum absolute atomic E-state index is 12.6. The number of ether oxygens (including phenoxy) is 1. The number of morpholine rings is 1. The lowest BCUT2D eigenvalue weighted by molar-refractivity contribution is -0.117. The molecule has 0 unspecified atom stereocenters. The summed E-state index contributed by atoms with van der Waals surface area (Å²) in [6.45, 7) is 7.27. The number of fused-ring (bicyclic) bond motifs is 1. The van der Waals surface area contributed by atoms with Gasteiger partial charge in [0.25, 0.3) is 0 Å². The van der Waals surface area contributed by atoms with Gasteiger partial charge >= 0.3 is 0 Å². The Hall–Kier alpha value is -3.10. The van der Waals surface area contributed by atoms with Crippen LogP contribution in [0.1, 0.15) is 6.42 Å². The molecule has 0 spiro atoms. The molecule has 2 aliphatic rings. The van der Waals surface area contributed by atoms with E-state index in [1.54, 1.807) is 0 Å². The van der Waals surface area contributed by atoms with Crippen LogP contribution in [0.5, 0.6) is 0 Å². The van der Waals surface area contributed by atoms with Crippen LogP contribution in [0.3, 0.4) is 0 Å². The monoisotopic (exact) mass is 434 g/mol. The number of H-pyrrole nitrogens is 1. The van der Waals surface area contributed by atoms with Gasteiger partial charge in [0.1, 0.15) is 0 Å². The molecule has 2 saturated heterocycles. The third kappa shape index (κ3) is 4.87. The number of hydrogen-bond donors (Lipinski definition) is 2. The molecule has 5 rings (SSSR count). The van der Waals surface area contributed by atoms with Gasteiger partial charge in [0.15, 0.2) is 0 Å². The first kappa shape index (κ1) is 20.8. The molecule has 32 heavy (non-hydrogen) atoms. The van der Waals surface area contributed by atoms with E-state index >= 15 is 0 Å². The lowest BCUT2D eigenvalue weighted by Gasteiger charge is -2.29. The van der Waals surface area contributed by atoms with Crippen molar-refractivity contribution in [2.45, 2.75) is 6.42 Å². The van der Waals surface area contributed by atoms with Gasteiger partial charge in [-0.15, -0.1) is 0 Å². The highest BCUT2D eigenvalue weighted by Crippen LogP contribution is 2.20. The average Bonchev–Trinajstić information content (AvgIpc) is 3.13. The summed E-state index contributed by atoms with van der Waals surface area (Å²) >= 11 is 0. The van der Waals surface area contributed by atoms with Crippen LogP contribution in [0.4, 0.5) is 17.3 Å². The number of imidazole rings is 1. The largest absolute Gasteiger partial charge is 0.378 e. The molecule has 0 saturated carbocycles. The van der Waals surface area contributed by atoms with E-state index in [9.17, 15) is 4.79 Å². The second kappa shape index (κ2) is 9.58. The van der Waals surface area contributed by atoms with E-state index in [1.165, 1.54) is 5.69 Å². The lowest BCUT2D eigenvalue weighted by Crippen LogP contribution is -2.36. The number of aromatic nitrogens is 2. The van der Waals surface area contributed by atoms with Gasteiger partial charge in [0.2, 0.25) is 11.9 Å². The van der Waals surface area contributed by atoms with Crippen molar-refractivity contribution in [2.24, 2.45) is 0 Å². The predicted molar refractivity (Wildman–Crippen MR) is 127 cm³/mol. The SMILES string of the molecule is O=C(CN1CCCN(c2nc3ccccc3[nH]2)CC1)Nc1ccc(N2CCOCC2)cc1. The Bertz CT molecular complexity index is 1010. The molecule has 0 radical (unpaired) electrons. The molecule has 2 fully saturated rings. The molecule has 168 valence electrons. The van der Waals surface area contributed by atoms with Crippen molar-refractivity contribution in [1.29, 1.82) is 0 Å². The van der Waals surface area contributed by atoms with E-state index in [0.717, 1.165) is 81.6 Å². The Balaban J connectivity index is 1.13. The maximum atomic E-state index is 12.6. The van der Waals surface area contributed by atoms with Crippen LogP contribution >= 0.6 is 0 Å². The quantitative estimate of drug-likeness (QED) is 0.643. The topological polar surface area (TPSA) is 76.7 Å². The van der Waals surface area contributed by atoms with Gasteiger partial charge in [-0.2, -0.15) is 0 Å². The number of carbonyl (C=O) groups excluding carboxylic acids is 1. The zero-order valence-corrected chi connectivity index (χ0v) is 18.3. The number of nitrogens with zero attached hydrogens (tertiary/aromatic N) is 4. The first-order valence-electron chi connectivity index (χ1n) is 11.4. The number of hydrogen-bond acceptors (Lipinski definition) is 6. The maximum Gasteiger partial charge on any atom is 0.238 e. The van der Waals surface area contributed by atoms with Gasteiger partial charge in [-0.25, -0.2) is 4.98 Å². The van der Waals surface area contributed by atoms with E-state index in [0.29, 0.717) is 6.54 Å².